The molecule has 1 aromatic rings. The van der Waals surface area contributed by atoms with Crippen LogP contribution in [-0.4, -0.2) is 41.2 Å². The Hall–Kier alpha value is -3.43. The van der Waals surface area contributed by atoms with Crippen LogP contribution in [0.3, 0.4) is 0 Å². The van der Waals surface area contributed by atoms with Crippen LogP contribution < -0.4 is 15.5 Å². The first-order valence-electron chi connectivity index (χ1n) is 6.77. The molecule has 0 aromatic heterocycles. The van der Waals surface area contributed by atoms with E-state index in [1.165, 1.54) is 12.1 Å². The van der Waals surface area contributed by atoms with E-state index in [1.807, 2.05) is 5.43 Å². The van der Waals surface area contributed by atoms with Crippen molar-refractivity contribution in [2.45, 2.75) is 6.92 Å². The van der Waals surface area contributed by atoms with Gasteiger partial charge in [-0.05, 0) is 13.0 Å². The van der Waals surface area contributed by atoms with Crippen LogP contribution in [0.5, 0.6) is 11.5 Å². The zero-order valence-electron chi connectivity index (χ0n) is 12.8. The molecule has 0 unspecified atom stereocenters. The van der Waals surface area contributed by atoms with E-state index in [2.05, 4.69) is 17.0 Å². The van der Waals surface area contributed by atoms with E-state index in [4.69, 9.17) is 4.74 Å². The molecule has 2 amide bonds. The van der Waals surface area contributed by atoms with Gasteiger partial charge in [0.05, 0.1) is 17.7 Å². The number of phenolic OH excluding ortho intramolecular Hbond substituents is 1. The molecule has 0 aliphatic rings. The predicted molar refractivity (Wildman–Crippen MR) is 84.9 cm³/mol. The maximum atomic E-state index is 11.4. The molecule has 1 rings (SSSR count). The molecule has 24 heavy (non-hydrogen) atoms. The summed E-state index contributed by atoms with van der Waals surface area (Å²) in [5.41, 5.74) is 1.58. The van der Waals surface area contributed by atoms with Crippen LogP contribution >= 0.6 is 0 Å². The standard InChI is InChI=1S/C14H16N4O6/c1-3-5-15-13(20)14(21)17-16-8-9-6-10(18(22)23)12(19)11(7-9)24-4-2/h3,6-8,19H,1,4-5H2,2H3,(H,15,20)(H,17,21)/b16-8+. The van der Waals surface area contributed by atoms with Gasteiger partial charge in [-0.15, -0.1) is 6.58 Å². The smallest absolute Gasteiger partial charge is 0.329 e. The molecule has 10 nitrogen and oxygen atoms in total. The van der Waals surface area contributed by atoms with Crippen molar-refractivity contribution in [3.05, 3.63) is 40.5 Å². The van der Waals surface area contributed by atoms with E-state index in [-0.39, 0.29) is 24.5 Å². The third-order valence-electron chi connectivity index (χ3n) is 2.57. The van der Waals surface area contributed by atoms with Crippen molar-refractivity contribution in [3.8, 4) is 11.5 Å². The molecule has 1 aromatic carbocycles. The Bertz CT molecular complexity index is 686. The predicted octanol–water partition coefficient (Wildman–Crippen LogP) is 0.451. The molecule has 0 fully saturated rings. The van der Waals surface area contributed by atoms with Crippen LogP contribution in [-0.2, 0) is 9.59 Å². The number of hydrazone groups is 1. The van der Waals surface area contributed by atoms with Crippen LogP contribution in [0.1, 0.15) is 12.5 Å². The summed E-state index contributed by atoms with van der Waals surface area (Å²) in [7, 11) is 0. The zero-order valence-corrected chi connectivity index (χ0v) is 12.8. The van der Waals surface area contributed by atoms with Crippen LogP contribution in [0.4, 0.5) is 5.69 Å². The molecule has 0 atom stereocenters. The lowest BCUT2D eigenvalue weighted by Crippen LogP contribution is -2.37. The van der Waals surface area contributed by atoms with Crippen molar-refractivity contribution in [3.63, 3.8) is 0 Å². The van der Waals surface area contributed by atoms with Crippen molar-refractivity contribution in [1.82, 2.24) is 10.7 Å². The highest BCUT2D eigenvalue weighted by atomic mass is 16.6. The molecule has 0 aliphatic heterocycles. The van der Waals surface area contributed by atoms with Gasteiger partial charge in [-0.3, -0.25) is 19.7 Å². The quantitative estimate of drug-likeness (QED) is 0.217. The monoisotopic (exact) mass is 336 g/mol. The number of nitro benzene ring substituents is 1. The molecule has 0 saturated heterocycles. The number of benzene rings is 1. The first-order valence-corrected chi connectivity index (χ1v) is 6.77. The Morgan fingerprint density at radius 2 is 2.17 bits per heavy atom. The molecular formula is C14H16N4O6. The third-order valence-corrected chi connectivity index (χ3v) is 2.57. The van der Waals surface area contributed by atoms with Crippen molar-refractivity contribution in [2.75, 3.05) is 13.2 Å². The highest BCUT2D eigenvalue weighted by Crippen LogP contribution is 2.36. The van der Waals surface area contributed by atoms with Crippen molar-refractivity contribution in [2.24, 2.45) is 5.10 Å². The average molecular weight is 336 g/mol. The lowest BCUT2D eigenvalue weighted by molar-refractivity contribution is -0.386. The number of nitrogens with zero attached hydrogens (tertiary/aromatic N) is 2. The Labute approximate surface area is 137 Å². The van der Waals surface area contributed by atoms with Gasteiger partial charge in [0.2, 0.25) is 5.75 Å². The minimum absolute atomic E-state index is 0.0943. The molecule has 0 radical (unpaired) electrons. The van der Waals surface area contributed by atoms with E-state index in [9.17, 15) is 24.8 Å². The van der Waals surface area contributed by atoms with Gasteiger partial charge in [0.1, 0.15) is 0 Å². The maximum Gasteiger partial charge on any atom is 0.329 e. The maximum absolute atomic E-state index is 11.4. The van der Waals surface area contributed by atoms with Crippen molar-refractivity contribution in [1.29, 1.82) is 0 Å². The number of aromatic hydroxyl groups is 1. The lowest BCUT2D eigenvalue weighted by atomic mass is 10.2. The lowest BCUT2D eigenvalue weighted by Gasteiger charge is -2.07. The number of hydrogen-bond donors (Lipinski definition) is 3. The van der Waals surface area contributed by atoms with Crippen LogP contribution in [0.2, 0.25) is 0 Å². The highest BCUT2D eigenvalue weighted by Gasteiger charge is 2.19. The Morgan fingerprint density at radius 3 is 2.75 bits per heavy atom. The molecule has 3 N–H and O–H groups in total. The molecular weight excluding hydrogens is 320 g/mol. The van der Waals surface area contributed by atoms with Crippen LogP contribution in [0, 0.1) is 10.1 Å². The van der Waals surface area contributed by atoms with Gasteiger partial charge in [0.25, 0.3) is 0 Å². The molecule has 0 spiro atoms. The Balaban J connectivity index is 2.90. The number of nitro groups is 1. The molecule has 0 saturated carbocycles. The van der Waals surface area contributed by atoms with Crippen molar-refractivity contribution < 1.29 is 24.4 Å². The summed E-state index contributed by atoms with van der Waals surface area (Å²) in [5, 5.41) is 26.4. The van der Waals surface area contributed by atoms with Gasteiger partial charge in [-0.25, -0.2) is 5.43 Å². The molecule has 10 heteroatoms. The largest absolute Gasteiger partial charge is 0.500 e. The fourth-order valence-corrected chi connectivity index (χ4v) is 1.55. The number of amides is 2. The Morgan fingerprint density at radius 1 is 1.46 bits per heavy atom. The third kappa shape index (κ3) is 5.09. The number of phenols is 1. The molecule has 128 valence electrons. The van der Waals surface area contributed by atoms with Gasteiger partial charge in [-0.2, -0.15) is 5.10 Å². The summed E-state index contributed by atoms with van der Waals surface area (Å²) in [6.45, 7) is 5.34. The second-order valence-corrected chi connectivity index (χ2v) is 4.27. The van der Waals surface area contributed by atoms with E-state index >= 15 is 0 Å². The fraction of sp³-hybridized carbons (Fsp3) is 0.214. The summed E-state index contributed by atoms with van der Waals surface area (Å²) in [5.74, 6) is -2.61. The number of hydrogen-bond acceptors (Lipinski definition) is 7. The van der Waals surface area contributed by atoms with Gasteiger partial charge < -0.3 is 15.2 Å². The van der Waals surface area contributed by atoms with Crippen molar-refractivity contribution >= 4 is 23.7 Å². The zero-order chi connectivity index (χ0) is 18.1. The first kappa shape index (κ1) is 18.6. The SMILES string of the molecule is C=CCNC(=O)C(=O)N/N=C/c1cc(OCC)c(O)c([N+](=O)[O-])c1. The molecule has 0 aliphatic carbocycles. The minimum atomic E-state index is -1.01. The number of nitrogens with one attached hydrogen (secondary N) is 2. The summed E-state index contributed by atoms with van der Waals surface area (Å²) in [4.78, 5) is 32.8. The first-order chi connectivity index (χ1) is 11.4. The summed E-state index contributed by atoms with van der Waals surface area (Å²) >= 11 is 0. The second kappa shape index (κ2) is 8.88. The van der Waals surface area contributed by atoms with E-state index in [0.717, 1.165) is 12.3 Å². The van der Waals surface area contributed by atoms with Gasteiger partial charge >= 0.3 is 17.5 Å². The minimum Gasteiger partial charge on any atom is -0.500 e. The average Bonchev–Trinajstić information content (AvgIpc) is 2.54. The second-order valence-electron chi connectivity index (χ2n) is 4.27. The number of rotatable bonds is 7. The Kier molecular flexibility index (Phi) is 6.89. The van der Waals surface area contributed by atoms with E-state index in [0.29, 0.717) is 0 Å². The molecule has 0 bridgehead atoms. The van der Waals surface area contributed by atoms with Crippen LogP contribution in [0.15, 0.2) is 29.9 Å². The number of carbonyl (C=O) groups is 2. The summed E-state index contributed by atoms with van der Waals surface area (Å²) in [6, 6.07) is 2.35. The summed E-state index contributed by atoms with van der Waals surface area (Å²) < 4.78 is 5.10. The van der Waals surface area contributed by atoms with Gasteiger partial charge in [-0.1, -0.05) is 6.08 Å². The van der Waals surface area contributed by atoms with Gasteiger partial charge in [0, 0.05) is 18.2 Å². The molecule has 0 heterocycles. The normalized spacial score (nSPS) is 10.2. The van der Waals surface area contributed by atoms with Gasteiger partial charge in [0.15, 0.2) is 5.75 Å². The fourth-order valence-electron chi connectivity index (χ4n) is 1.55. The number of ether oxygens (including phenoxy) is 1. The van der Waals surface area contributed by atoms with E-state index in [1.54, 1.807) is 6.92 Å². The number of carbonyl (C=O) groups excluding carboxylic acids is 2. The highest BCUT2D eigenvalue weighted by molar-refractivity contribution is 6.35. The topological polar surface area (TPSA) is 143 Å². The summed E-state index contributed by atoms with van der Waals surface area (Å²) in [6.07, 6.45) is 2.48. The van der Waals surface area contributed by atoms with E-state index < -0.39 is 28.2 Å². The van der Waals surface area contributed by atoms with Crippen LogP contribution in [0.25, 0.3) is 0 Å².